The summed E-state index contributed by atoms with van der Waals surface area (Å²) in [7, 11) is 3.15. The van der Waals surface area contributed by atoms with Gasteiger partial charge < -0.3 is 19.3 Å². The number of amides is 1. The van der Waals surface area contributed by atoms with Crippen LogP contribution in [-0.2, 0) is 11.2 Å². The number of carbonyl (C=O) groups excluding carboxylic acids is 1. The largest absolute Gasteiger partial charge is 0.493 e. The molecule has 0 unspecified atom stereocenters. The maximum Gasteiger partial charge on any atom is 0.227 e. The molecule has 0 bridgehead atoms. The summed E-state index contributed by atoms with van der Waals surface area (Å²) in [5, 5.41) is 0.111. The summed E-state index contributed by atoms with van der Waals surface area (Å²) in [6.07, 6.45) is 0.308. The molecule has 0 radical (unpaired) electrons. The lowest BCUT2D eigenvalue weighted by molar-refractivity contribution is -0.130. The fourth-order valence-electron chi connectivity index (χ4n) is 3.17. The van der Waals surface area contributed by atoms with Gasteiger partial charge in [-0.2, -0.15) is 0 Å². The van der Waals surface area contributed by atoms with Crippen molar-refractivity contribution in [1.29, 1.82) is 0 Å². The number of hydrogen-bond acceptors (Lipinski definition) is 4. The predicted molar refractivity (Wildman–Crippen MR) is 103 cm³/mol. The molecular formula is C20H22ClFN2O3. The smallest absolute Gasteiger partial charge is 0.227 e. The molecule has 5 nitrogen and oxygen atoms in total. The van der Waals surface area contributed by atoms with Crippen LogP contribution < -0.4 is 14.4 Å². The van der Waals surface area contributed by atoms with Crippen LogP contribution in [0.25, 0.3) is 0 Å². The molecule has 0 aliphatic carbocycles. The molecule has 1 fully saturated rings. The van der Waals surface area contributed by atoms with E-state index in [1.165, 1.54) is 6.07 Å². The first kappa shape index (κ1) is 19.3. The van der Waals surface area contributed by atoms with Crippen molar-refractivity contribution in [3.8, 4) is 11.5 Å². The number of piperazine rings is 1. The Morgan fingerprint density at radius 1 is 1.04 bits per heavy atom. The summed E-state index contributed by atoms with van der Waals surface area (Å²) in [4.78, 5) is 16.6. The molecule has 0 atom stereocenters. The second kappa shape index (κ2) is 8.48. The van der Waals surface area contributed by atoms with Crippen LogP contribution >= 0.6 is 11.6 Å². The molecular weight excluding hydrogens is 371 g/mol. The van der Waals surface area contributed by atoms with E-state index >= 15 is 0 Å². The molecule has 2 aromatic carbocycles. The highest BCUT2D eigenvalue weighted by atomic mass is 35.5. The fraction of sp³-hybridized carbons (Fsp3) is 0.350. The molecule has 7 heteroatoms. The van der Waals surface area contributed by atoms with Gasteiger partial charge in [0.15, 0.2) is 11.5 Å². The van der Waals surface area contributed by atoms with Gasteiger partial charge in [0.05, 0.1) is 25.7 Å². The minimum Gasteiger partial charge on any atom is -0.493 e. The maximum atomic E-state index is 13.3. The Kier molecular flexibility index (Phi) is 6.06. The molecule has 0 saturated carbocycles. The van der Waals surface area contributed by atoms with Crippen LogP contribution in [0, 0.1) is 5.82 Å². The van der Waals surface area contributed by atoms with Crippen LogP contribution in [0.3, 0.4) is 0 Å². The first-order valence-corrected chi connectivity index (χ1v) is 9.08. The summed E-state index contributed by atoms with van der Waals surface area (Å²) < 4.78 is 23.8. The van der Waals surface area contributed by atoms with E-state index in [0.717, 1.165) is 11.3 Å². The lowest BCUT2D eigenvalue weighted by atomic mass is 10.1. The molecule has 1 aliphatic rings. The molecule has 1 heterocycles. The van der Waals surface area contributed by atoms with Crippen LogP contribution in [0.4, 0.5) is 10.1 Å². The average molecular weight is 393 g/mol. The lowest BCUT2D eigenvalue weighted by Crippen LogP contribution is -2.49. The van der Waals surface area contributed by atoms with Crippen molar-refractivity contribution >= 4 is 23.2 Å². The Morgan fingerprint density at radius 2 is 1.74 bits per heavy atom. The monoisotopic (exact) mass is 392 g/mol. The second-order valence-corrected chi connectivity index (χ2v) is 6.74. The Bertz CT molecular complexity index is 823. The number of rotatable bonds is 5. The summed E-state index contributed by atoms with van der Waals surface area (Å²) in [5.41, 5.74) is 1.75. The molecule has 1 amide bonds. The van der Waals surface area contributed by atoms with Crippen molar-refractivity contribution in [1.82, 2.24) is 4.90 Å². The standard InChI is InChI=1S/C20H22ClFN2O3/c1-26-18-6-3-14(11-19(18)27-2)12-20(25)24-9-7-23(8-10-24)15-4-5-17(22)16(21)13-15/h3-6,11,13H,7-10,12H2,1-2H3. The number of hydrogen-bond donors (Lipinski definition) is 0. The van der Waals surface area contributed by atoms with Gasteiger partial charge in [0, 0.05) is 31.9 Å². The molecule has 144 valence electrons. The highest BCUT2D eigenvalue weighted by Crippen LogP contribution is 2.28. The minimum absolute atomic E-state index is 0.0685. The number of anilines is 1. The van der Waals surface area contributed by atoms with Gasteiger partial charge in [-0.3, -0.25) is 4.79 Å². The van der Waals surface area contributed by atoms with Gasteiger partial charge >= 0.3 is 0 Å². The topological polar surface area (TPSA) is 42.0 Å². The number of halogens is 2. The first-order chi connectivity index (χ1) is 13.0. The number of carbonyl (C=O) groups is 1. The zero-order valence-electron chi connectivity index (χ0n) is 15.4. The van der Waals surface area contributed by atoms with Gasteiger partial charge in [-0.05, 0) is 35.9 Å². The second-order valence-electron chi connectivity index (χ2n) is 6.33. The fourth-order valence-corrected chi connectivity index (χ4v) is 3.35. The van der Waals surface area contributed by atoms with Crippen LogP contribution in [0.5, 0.6) is 11.5 Å². The maximum absolute atomic E-state index is 13.3. The number of benzene rings is 2. The zero-order valence-corrected chi connectivity index (χ0v) is 16.1. The van der Waals surface area contributed by atoms with Crippen LogP contribution in [0.2, 0.25) is 5.02 Å². The Morgan fingerprint density at radius 3 is 2.37 bits per heavy atom. The van der Waals surface area contributed by atoms with E-state index in [9.17, 15) is 9.18 Å². The Labute approximate surface area is 163 Å². The van der Waals surface area contributed by atoms with Crippen LogP contribution in [0.15, 0.2) is 36.4 Å². The number of ether oxygens (including phenoxy) is 2. The first-order valence-electron chi connectivity index (χ1n) is 8.70. The summed E-state index contributed by atoms with van der Waals surface area (Å²) in [6.45, 7) is 2.58. The minimum atomic E-state index is -0.427. The third-order valence-electron chi connectivity index (χ3n) is 4.70. The average Bonchev–Trinajstić information content (AvgIpc) is 2.70. The molecule has 0 aromatic heterocycles. The van der Waals surface area contributed by atoms with E-state index in [-0.39, 0.29) is 10.9 Å². The third-order valence-corrected chi connectivity index (χ3v) is 4.99. The van der Waals surface area contributed by atoms with Gasteiger partial charge in [-0.1, -0.05) is 17.7 Å². The normalized spacial score (nSPS) is 14.2. The summed E-state index contributed by atoms with van der Waals surface area (Å²) >= 11 is 5.86. The van der Waals surface area contributed by atoms with Crippen molar-refractivity contribution in [2.24, 2.45) is 0 Å². The van der Waals surface area contributed by atoms with Gasteiger partial charge in [-0.15, -0.1) is 0 Å². The summed E-state index contributed by atoms with van der Waals surface area (Å²) in [6, 6.07) is 10.2. The zero-order chi connectivity index (χ0) is 19.4. The van der Waals surface area contributed by atoms with E-state index in [4.69, 9.17) is 21.1 Å². The van der Waals surface area contributed by atoms with Crippen LogP contribution in [0.1, 0.15) is 5.56 Å². The SMILES string of the molecule is COc1ccc(CC(=O)N2CCN(c3ccc(F)c(Cl)c3)CC2)cc1OC. The van der Waals surface area contributed by atoms with Crippen molar-refractivity contribution in [3.05, 3.63) is 52.8 Å². The van der Waals surface area contributed by atoms with E-state index < -0.39 is 5.82 Å². The quantitative estimate of drug-likeness (QED) is 0.782. The van der Waals surface area contributed by atoms with Gasteiger partial charge in [-0.25, -0.2) is 4.39 Å². The molecule has 0 N–H and O–H groups in total. The Hall–Kier alpha value is -2.47. The number of methoxy groups -OCH3 is 2. The molecule has 27 heavy (non-hydrogen) atoms. The van der Waals surface area contributed by atoms with Gasteiger partial charge in [0.25, 0.3) is 0 Å². The molecule has 3 rings (SSSR count). The van der Waals surface area contributed by atoms with Crippen molar-refractivity contribution in [2.75, 3.05) is 45.3 Å². The molecule has 2 aromatic rings. The van der Waals surface area contributed by atoms with E-state index in [1.807, 2.05) is 17.0 Å². The lowest BCUT2D eigenvalue weighted by Gasteiger charge is -2.36. The van der Waals surface area contributed by atoms with Crippen molar-refractivity contribution in [3.63, 3.8) is 0 Å². The molecule has 1 aliphatic heterocycles. The van der Waals surface area contributed by atoms with Gasteiger partial charge in [0.1, 0.15) is 5.82 Å². The molecule has 1 saturated heterocycles. The van der Waals surface area contributed by atoms with E-state index in [1.54, 1.807) is 32.4 Å². The van der Waals surface area contributed by atoms with Crippen molar-refractivity contribution < 1.29 is 18.7 Å². The highest BCUT2D eigenvalue weighted by Gasteiger charge is 2.22. The predicted octanol–water partition coefficient (Wildman–Crippen LogP) is 3.39. The summed E-state index contributed by atoms with van der Waals surface area (Å²) in [5.74, 6) is 0.893. The molecule has 0 spiro atoms. The Balaban J connectivity index is 1.59. The van der Waals surface area contributed by atoms with Gasteiger partial charge in [0.2, 0.25) is 5.91 Å². The van der Waals surface area contributed by atoms with E-state index in [2.05, 4.69) is 4.90 Å². The van der Waals surface area contributed by atoms with Crippen molar-refractivity contribution in [2.45, 2.75) is 6.42 Å². The van der Waals surface area contributed by atoms with E-state index in [0.29, 0.717) is 44.1 Å². The highest BCUT2D eigenvalue weighted by molar-refractivity contribution is 6.31. The van der Waals surface area contributed by atoms with Crippen LogP contribution in [-0.4, -0.2) is 51.2 Å². The number of nitrogens with zero attached hydrogens (tertiary/aromatic N) is 2. The third kappa shape index (κ3) is 4.45.